The van der Waals surface area contributed by atoms with E-state index in [0.717, 1.165) is 25.7 Å². The lowest BCUT2D eigenvalue weighted by Crippen LogP contribution is -2.27. The monoisotopic (exact) mass is 239 g/mol. The molecule has 0 spiro atoms. The highest BCUT2D eigenvalue weighted by Gasteiger charge is 2.35. The summed E-state index contributed by atoms with van der Waals surface area (Å²) in [7, 11) is 0. The van der Waals surface area contributed by atoms with Crippen molar-refractivity contribution in [1.29, 1.82) is 5.26 Å². The van der Waals surface area contributed by atoms with Gasteiger partial charge in [-0.3, -0.25) is 0 Å². The van der Waals surface area contributed by atoms with Gasteiger partial charge in [0.2, 0.25) is 0 Å². The summed E-state index contributed by atoms with van der Waals surface area (Å²) in [5.41, 5.74) is 2.14. The minimum Gasteiger partial charge on any atom is -0.197 e. The van der Waals surface area contributed by atoms with Gasteiger partial charge in [0.1, 0.15) is 5.41 Å². The third-order valence-electron chi connectivity index (χ3n) is 3.92. The van der Waals surface area contributed by atoms with Gasteiger partial charge in [-0.1, -0.05) is 49.8 Å². The van der Waals surface area contributed by atoms with Crippen LogP contribution >= 0.6 is 0 Å². The fraction of sp³-hybridized carbons (Fsp3) is 0.471. The van der Waals surface area contributed by atoms with Crippen LogP contribution in [0.1, 0.15) is 51.0 Å². The number of rotatable bonds is 4. The molecule has 0 unspecified atom stereocenters. The summed E-state index contributed by atoms with van der Waals surface area (Å²) in [5.74, 6) is 0. The Labute approximate surface area is 110 Å². The predicted octanol–water partition coefficient (Wildman–Crippen LogP) is 4.75. The van der Waals surface area contributed by atoms with Gasteiger partial charge in [0.05, 0.1) is 6.07 Å². The third kappa shape index (κ3) is 2.34. The molecule has 0 radical (unpaired) electrons. The smallest absolute Gasteiger partial charge is 0.103 e. The molecule has 0 aromatic heterocycles. The fourth-order valence-electron chi connectivity index (χ4n) is 3.01. The van der Waals surface area contributed by atoms with E-state index in [1.807, 2.05) is 18.2 Å². The van der Waals surface area contributed by atoms with Crippen molar-refractivity contribution in [3.8, 4) is 6.07 Å². The Hall–Kier alpha value is -1.55. The molecule has 0 fully saturated rings. The summed E-state index contributed by atoms with van der Waals surface area (Å²) in [4.78, 5) is 0. The van der Waals surface area contributed by atoms with E-state index < -0.39 is 0 Å². The molecule has 1 heteroatoms. The normalized spacial score (nSPS) is 18.6. The van der Waals surface area contributed by atoms with E-state index in [1.165, 1.54) is 24.0 Å². The highest BCUT2D eigenvalue weighted by atomic mass is 14.4. The first-order valence-corrected chi connectivity index (χ1v) is 7.00. The minimum atomic E-state index is -0.379. The van der Waals surface area contributed by atoms with Crippen LogP contribution in [-0.2, 0) is 5.41 Å². The van der Waals surface area contributed by atoms with Gasteiger partial charge in [0, 0.05) is 0 Å². The van der Waals surface area contributed by atoms with Crippen molar-refractivity contribution in [2.75, 3.05) is 0 Å². The highest BCUT2D eigenvalue weighted by Crippen LogP contribution is 2.40. The SMILES string of the molecule is CCC[C@@](C#N)(C1=CCCCC1)c1ccccc1. The topological polar surface area (TPSA) is 23.8 Å². The van der Waals surface area contributed by atoms with Crippen molar-refractivity contribution in [3.05, 3.63) is 47.5 Å². The lowest BCUT2D eigenvalue weighted by atomic mass is 9.69. The maximum absolute atomic E-state index is 9.82. The average Bonchev–Trinajstić information content (AvgIpc) is 2.47. The van der Waals surface area contributed by atoms with Crippen molar-refractivity contribution in [1.82, 2.24) is 0 Å². The minimum absolute atomic E-state index is 0.379. The summed E-state index contributed by atoms with van der Waals surface area (Å²) in [6.07, 6.45) is 9.00. The van der Waals surface area contributed by atoms with Crippen LogP contribution in [0.3, 0.4) is 0 Å². The largest absolute Gasteiger partial charge is 0.197 e. The second-order valence-electron chi connectivity index (χ2n) is 5.11. The van der Waals surface area contributed by atoms with E-state index in [1.54, 1.807) is 0 Å². The summed E-state index contributed by atoms with van der Waals surface area (Å²) in [6, 6.07) is 13.0. The van der Waals surface area contributed by atoms with Crippen molar-refractivity contribution < 1.29 is 0 Å². The van der Waals surface area contributed by atoms with Gasteiger partial charge in [0.25, 0.3) is 0 Å². The van der Waals surface area contributed by atoms with Crippen molar-refractivity contribution in [2.45, 2.75) is 50.9 Å². The zero-order valence-corrected chi connectivity index (χ0v) is 11.2. The Kier molecular flexibility index (Phi) is 4.20. The Morgan fingerprint density at radius 3 is 2.56 bits per heavy atom. The number of hydrogen-bond donors (Lipinski definition) is 0. The van der Waals surface area contributed by atoms with Crippen molar-refractivity contribution in [2.24, 2.45) is 0 Å². The van der Waals surface area contributed by atoms with Crippen LogP contribution in [0, 0.1) is 11.3 Å². The molecule has 1 aliphatic carbocycles. The molecular weight excluding hydrogens is 218 g/mol. The molecule has 0 bridgehead atoms. The van der Waals surface area contributed by atoms with Crippen molar-refractivity contribution >= 4 is 0 Å². The Bertz CT molecular complexity index is 452. The number of nitriles is 1. The number of allylic oxidation sites excluding steroid dienone is 2. The molecule has 0 heterocycles. The molecule has 0 N–H and O–H groups in total. The molecular formula is C17H21N. The maximum atomic E-state index is 9.82. The molecule has 1 nitrogen and oxygen atoms in total. The average molecular weight is 239 g/mol. The van der Waals surface area contributed by atoms with Gasteiger partial charge in [-0.15, -0.1) is 0 Å². The molecule has 1 aliphatic rings. The summed E-state index contributed by atoms with van der Waals surface area (Å²) < 4.78 is 0. The predicted molar refractivity (Wildman–Crippen MR) is 75.2 cm³/mol. The molecule has 0 saturated carbocycles. The van der Waals surface area contributed by atoms with Gasteiger partial charge in [0.15, 0.2) is 0 Å². The Balaban J connectivity index is 2.46. The first-order chi connectivity index (χ1) is 8.83. The van der Waals surface area contributed by atoms with E-state index in [0.29, 0.717) is 0 Å². The molecule has 94 valence electrons. The van der Waals surface area contributed by atoms with E-state index in [2.05, 4.69) is 31.2 Å². The van der Waals surface area contributed by atoms with Crippen molar-refractivity contribution in [3.63, 3.8) is 0 Å². The standard InChI is InChI=1S/C17H21N/c1-2-13-17(14-18,15-9-5-3-6-10-15)16-11-7-4-8-12-16/h3,5-6,9-11H,2,4,7-8,12-13H2,1H3/t17-/m0/s1. The molecule has 0 aliphatic heterocycles. The number of hydrogen-bond acceptors (Lipinski definition) is 1. The van der Waals surface area contributed by atoms with Crippen LogP contribution in [0.4, 0.5) is 0 Å². The second kappa shape index (κ2) is 5.87. The van der Waals surface area contributed by atoms with Gasteiger partial charge < -0.3 is 0 Å². The van der Waals surface area contributed by atoms with Gasteiger partial charge in [-0.2, -0.15) is 5.26 Å². The maximum Gasteiger partial charge on any atom is 0.103 e. The van der Waals surface area contributed by atoms with E-state index >= 15 is 0 Å². The Morgan fingerprint density at radius 1 is 1.22 bits per heavy atom. The molecule has 0 amide bonds. The van der Waals surface area contributed by atoms with Crippen LogP contribution in [0.2, 0.25) is 0 Å². The lowest BCUT2D eigenvalue weighted by molar-refractivity contribution is 0.521. The van der Waals surface area contributed by atoms with Gasteiger partial charge in [-0.25, -0.2) is 0 Å². The molecule has 1 aromatic carbocycles. The molecule has 1 atom stereocenters. The van der Waals surface area contributed by atoms with Gasteiger partial charge in [-0.05, 0) is 43.2 Å². The lowest BCUT2D eigenvalue weighted by Gasteiger charge is -2.32. The van der Waals surface area contributed by atoms with E-state index in [-0.39, 0.29) is 5.41 Å². The molecule has 2 rings (SSSR count). The highest BCUT2D eigenvalue weighted by molar-refractivity contribution is 5.44. The third-order valence-corrected chi connectivity index (χ3v) is 3.92. The van der Waals surface area contributed by atoms with E-state index in [9.17, 15) is 5.26 Å². The fourth-order valence-corrected chi connectivity index (χ4v) is 3.01. The number of benzene rings is 1. The molecule has 18 heavy (non-hydrogen) atoms. The zero-order valence-electron chi connectivity index (χ0n) is 11.2. The summed E-state index contributed by atoms with van der Waals surface area (Å²) in [5, 5.41) is 9.82. The number of nitrogens with zero attached hydrogens (tertiary/aromatic N) is 1. The summed E-state index contributed by atoms with van der Waals surface area (Å²) >= 11 is 0. The van der Waals surface area contributed by atoms with Crippen LogP contribution in [0.5, 0.6) is 0 Å². The second-order valence-corrected chi connectivity index (χ2v) is 5.11. The van der Waals surface area contributed by atoms with Crippen LogP contribution < -0.4 is 0 Å². The Morgan fingerprint density at radius 2 is 2.00 bits per heavy atom. The van der Waals surface area contributed by atoms with Crippen LogP contribution in [0.25, 0.3) is 0 Å². The van der Waals surface area contributed by atoms with Gasteiger partial charge >= 0.3 is 0 Å². The first-order valence-electron chi connectivity index (χ1n) is 7.00. The first kappa shape index (κ1) is 12.9. The molecule has 1 aromatic rings. The van der Waals surface area contributed by atoms with E-state index in [4.69, 9.17) is 0 Å². The molecule has 0 saturated heterocycles. The van der Waals surface area contributed by atoms with Crippen LogP contribution in [-0.4, -0.2) is 0 Å². The van der Waals surface area contributed by atoms with Crippen LogP contribution in [0.15, 0.2) is 42.0 Å². The zero-order chi connectivity index (χ0) is 12.8. The summed E-state index contributed by atoms with van der Waals surface area (Å²) in [6.45, 7) is 2.17. The quantitative estimate of drug-likeness (QED) is 0.696.